The van der Waals surface area contributed by atoms with Gasteiger partial charge in [-0.2, -0.15) is 5.21 Å². The maximum atomic E-state index is 13.3. The van der Waals surface area contributed by atoms with Gasteiger partial charge >= 0.3 is 0 Å². The van der Waals surface area contributed by atoms with Crippen LogP contribution in [-0.4, -0.2) is 51.9 Å². The van der Waals surface area contributed by atoms with Crippen molar-refractivity contribution in [2.45, 2.75) is 11.3 Å². The lowest BCUT2D eigenvalue weighted by Gasteiger charge is -2.21. The lowest BCUT2D eigenvalue weighted by atomic mass is 10.2. The van der Waals surface area contributed by atoms with Crippen LogP contribution in [0.15, 0.2) is 70.0 Å². The average Bonchev–Trinajstić information content (AvgIpc) is 3.48. The minimum atomic E-state index is -3.86. The normalized spacial score (nSPS) is 11.7. The summed E-state index contributed by atoms with van der Waals surface area (Å²) >= 11 is 1.22. The van der Waals surface area contributed by atoms with Crippen LogP contribution in [0.3, 0.4) is 0 Å². The molecule has 10 nitrogen and oxygen atoms in total. The fraction of sp³-hybridized carbons (Fsp3) is 0.105. The molecule has 0 aliphatic heterocycles. The minimum absolute atomic E-state index is 0.109. The first-order valence-corrected chi connectivity index (χ1v) is 11.4. The van der Waals surface area contributed by atoms with Crippen LogP contribution in [0.5, 0.6) is 5.75 Å². The number of nitrogens with one attached hydrogen (secondary N) is 1. The molecule has 0 aliphatic rings. The van der Waals surface area contributed by atoms with Crippen LogP contribution in [0.2, 0.25) is 0 Å². The molecule has 0 saturated carbocycles. The summed E-state index contributed by atoms with van der Waals surface area (Å²) in [7, 11) is -3.86. The number of tetrazole rings is 1. The van der Waals surface area contributed by atoms with Gasteiger partial charge in [0.25, 0.3) is 10.0 Å². The number of phenols is 1. The highest BCUT2D eigenvalue weighted by Crippen LogP contribution is 2.27. The van der Waals surface area contributed by atoms with Gasteiger partial charge in [-0.1, -0.05) is 17.3 Å². The number of rotatable bonds is 8. The van der Waals surface area contributed by atoms with Crippen molar-refractivity contribution in [1.29, 1.82) is 0 Å². The van der Waals surface area contributed by atoms with Gasteiger partial charge in [0.1, 0.15) is 5.75 Å². The molecular weight excluding hydrogens is 438 g/mol. The first-order chi connectivity index (χ1) is 15.0. The Hall–Kier alpha value is -3.64. The van der Waals surface area contributed by atoms with E-state index in [1.54, 1.807) is 48.0 Å². The highest BCUT2D eigenvalue weighted by atomic mass is 32.2. The van der Waals surface area contributed by atoms with Crippen LogP contribution < -0.4 is 4.31 Å². The molecule has 0 spiro atoms. The second-order valence-electron chi connectivity index (χ2n) is 6.28. The summed E-state index contributed by atoms with van der Waals surface area (Å²) in [4.78, 5) is 8.55. The van der Waals surface area contributed by atoms with Crippen molar-refractivity contribution in [3.05, 3.63) is 71.5 Å². The summed E-state index contributed by atoms with van der Waals surface area (Å²) < 4.78 is 27.8. The first kappa shape index (κ1) is 20.6. The second kappa shape index (κ2) is 9.02. The van der Waals surface area contributed by atoms with E-state index in [2.05, 4.69) is 30.6 Å². The van der Waals surface area contributed by atoms with Crippen molar-refractivity contribution in [2.24, 2.45) is 4.99 Å². The van der Waals surface area contributed by atoms with Crippen LogP contribution in [0.1, 0.15) is 11.4 Å². The Kier molecular flexibility index (Phi) is 6.00. The molecule has 2 aromatic carbocycles. The van der Waals surface area contributed by atoms with Crippen molar-refractivity contribution in [3.8, 4) is 5.75 Å². The van der Waals surface area contributed by atoms with E-state index in [0.717, 1.165) is 0 Å². The van der Waals surface area contributed by atoms with E-state index in [4.69, 9.17) is 0 Å². The summed E-state index contributed by atoms with van der Waals surface area (Å²) in [6.07, 6.45) is 3.34. The topological polar surface area (TPSA) is 137 Å². The van der Waals surface area contributed by atoms with Crippen LogP contribution in [-0.2, 0) is 16.4 Å². The van der Waals surface area contributed by atoms with Gasteiger partial charge in [0.05, 0.1) is 10.6 Å². The smallest absolute Gasteiger partial charge is 0.266 e. The van der Waals surface area contributed by atoms with Gasteiger partial charge in [-0.15, -0.1) is 21.5 Å². The molecule has 31 heavy (non-hydrogen) atoms. The van der Waals surface area contributed by atoms with Gasteiger partial charge in [0.15, 0.2) is 11.0 Å². The van der Waals surface area contributed by atoms with E-state index in [-0.39, 0.29) is 23.6 Å². The summed E-state index contributed by atoms with van der Waals surface area (Å²) in [5.41, 5.74) is 1.12. The Labute approximate surface area is 182 Å². The van der Waals surface area contributed by atoms with E-state index < -0.39 is 10.0 Å². The van der Waals surface area contributed by atoms with E-state index >= 15 is 0 Å². The fourth-order valence-electron chi connectivity index (χ4n) is 2.72. The predicted octanol–water partition coefficient (Wildman–Crippen LogP) is 2.55. The Morgan fingerprint density at radius 2 is 1.97 bits per heavy atom. The van der Waals surface area contributed by atoms with Gasteiger partial charge in [0.2, 0.25) is 0 Å². The van der Waals surface area contributed by atoms with Gasteiger partial charge in [-0.3, -0.25) is 4.99 Å². The fourth-order valence-corrected chi connectivity index (χ4v) is 5.04. The monoisotopic (exact) mass is 455 g/mol. The Morgan fingerprint density at radius 3 is 2.65 bits per heavy atom. The summed E-state index contributed by atoms with van der Waals surface area (Å²) in [5, 5.41) is 25.5. The van der Waals surface area contributed by atoms with Gasteiger partial charge in [0, 0.05) is 36.3 Å². The molecule has 0 bridgehead atoms. The number of nitrogens with zero attached hydrogens (tertiary/aromatic N) is 6. The molecule has 158 valence electrons. The molecule has 0 aliphatic carbocycles. The summed E-state index contributed by atoms with van der Waals surface area (Å²) in [5.74, 6) is 0.525. The van der Waals surface area contributed by atoms with Crippen molar-refractivity contribution < 1.29 is 13.5 Å². The van der Waals surface area contributed by atoms with Crippen LogP contribution in [0.25, 0.3) is 0 Å². The average molecular weight is 456 g/mol. The number of benzene rings is 2. The van der Waals surface area contributed by atoms with E-state index in [1.165, 1.54) is 34.0 Å². The zero-order valence-electron chi connectivity index (χ0n) is 16.0. The molecule has 4 aromatic rings. The van der Waals surface area contributed by atoms with Crippen LogP contribution in [0, 0.1) is 0 Å². The maximum absolute atomic E-state index is 13.3. The number of H-pyrrole nitrogens is 1. The largest absolute Gasteiger partial charge is 0.507 e. The molecule has 0 amide bonds. The third-order valence-electron chi connectivity index (χ3n) is 4.27. The number of para-hydroxylation sites is 1. The molecule has 4 rings (SSSR count). The minimum Gasteiger partial charge on any atom is -0.507 e. The molecule has 0 radical (unpaired) electrons. The highest BCUT2D eigenvalue weighted by Gasteiger charge is 2.27. The van der Waals surface area contributed by atoms with Gasteiger partial charge < -0.3 is 5.11 Å². The third kappa shape index (κ3) is 4.75. The number of aliphatic imine (C=N–C) groups is 1. The molecule has 0 atom stereocenters. The molecule has 2 aromatic heterocycles. The van der Waals surface area contributed by atoms with Crippen molar-refractivity contribution in [2.75, 3.05) is 10.8 Å². The Morgan fingerprint density at radius 1 is 1.16 bits per heavy atom. The summed E-state index contributed by atoms with van der Waals surface area (Å²) in [6.45, 7) is 0.114. The molecule has 2 N–H and O–H groups in total. The van der Waals surface area contributed by atoms with Crippen LogP contribution in [0.4, 0.5) is 10.8 Å². The molecule has 0 saturated heterocycles. The predicted molar refractivity (Wildman–Crippen MR) is 116 cm³/mol. The van der Waals surface area contributed by atoms with E-state index in [1.807, 2.05) is 0 Å². The van der Waals surface area contributed by atoms with Crippen LogP contribution >= 0.6 is 11.3 Å². The number of aromatic nitrogens is 5. The lowest BCUT2D eigenvalue weighted by molar-refractivity contribution is 0.474. The number of aromatic hydroxyl groups is 1. The quantitative estimate of drug-likeness (QED) is 0.389. The third-order valence-corrected chi connectivity index (χ3v) is 6.99. The SMILES string of the molecule is O=S(=O)(c1ccc(N=Cc2ccccc2O)cc1)N(CCc1nn[nH]n1)c1nccs1. The Balaban J connectivity index is 1.56. The summed E-state index contributed by atoms with van der Waals surface area (Å²) in [6, 6.07) is 13.0. The standard InChI is InChI=1S/C19H17N7O3S2/c27-17-4-2-1-3-14(17)13-21-15-5-7-16(8-6-15)31(28,29)26(19-20-10-12-30-19)11-9-18-22-24-25-23-18/h1-8,10,12-13,27H,9,11H2,(H,22,23,24,25). The second-order valence-corrected chi connectivity index (χ2v) is 9.02. The number of phenolic OH excluding ortho intramolecular Hbond substituents is 1. The van der Waals surface area contributed by atoms with Crippen molar-refractivity contribution >= 4 is 38.4 Å². The number of hydrogen-bond acceptors (Lipinski definition) is 9. The highest BCUT2D eigenvalue weighted by molar-refractivity contribution is 7.93. The molecule has 12 heteroatoms. The number of aromatic amines is 1. The first-order valence-electron chi connectivity index (χ1n) is 9.11. The number of thiazole rings is 1. The lowest BCUT2D eigenvalue weighted by Crippen LogP contribution is -2.33. The van der Waals surface area contributed by atoms with Gasteiger partial charge in [-0.25, -0.2) is 17.7 Å². The maximum Gasteiger partial charge on any atom is 0.266 e. The molecular formula is C19H17N7O3S2. The Bertz CT molecular complexity index is 1260. The molecule has 0 unspecified atom stereocenters. The zero-order chi connectivity index (χ0) is 21.7. The number of sulfonamides is 1. The molecule has 2 heterocycles. The number of hydrogen-bond donors (Lipinski definition) is 2. The molecule has 0 fully saturated rings. The van der Waals surface area contributed by atoms with Gasteiger partial charge in [-0.05, 0) is 36.4 Å². The number of anilines is 1. The zero-order valence-corrected chi connectivity index (χ0v) is 17.7. The van der Waals surface area contributed by atoms with E-state index in [9.17, 15) is 13.5 Å². The van der Waals surface area contributed by atoms with Crippen molar-refractivity contribution in [1.82, 2.24) is 25.6 Å². The van der Waals surface area contributed by atoms with E-state index in [0.29, 0.717) is 22.2 Å². The van der Waals surface area contributed by atoms with Crippen molar-refractivity contribution in [3.63, 3.8) is 0 Å².